The molecule has 0 radical (unpaired) electrons. The molecule has 3 rings (SSSR count). The third kappa shape index (κ3) is 7.23. The van der Waals surface area contributed by atoms with E-state index in [0.29, 0.717) is 18.4 Å². The van der Waals surface area contributed by atoms with Gasteiger partial charge in [-0.1, -0.05) is 5.56 Å². The quantitative estimate of drug-likeness (QED) is 0.340. The normalized spacial score (nSPS) is 8.88. The van der Waals surface area contributed by atoms with Gasteiger partial charge in [0.1, 0.15) is 12.3 Å². The molecule has 2 aromatic heterocycles. The fourth-order valence-electron chi connectivity index (χ4n) is 1.50. The summed E-state index contributed by atoms with van der Waals surface area (Å²) in [6, 6.07) is 10.5. The number of hydrogen-bond donors (Lipinski definition) is 0. The molecule has 9 heteroatoms. The summed E-state index contributed by atoms with van der Waals surface area (Å²) in [6.07, 6.45) is 4.86. The Morgan fingerprint density at radius 1 is 1.36 bits per heavy atom. The molecule has 136 valence electrons. The van der Waals surface area contributed by atoms with Gasteiger partial charge in [-0.3, -0.25) is 9.78 Å². The molecule has 0 unspecified atom stereocenters. The van der Waals surface area contributed by atoms with E-state index in [1.54, 1.807) is 6.20 Å². The first-order valence-electron chi connectivity index (χ1n) is 6.70. The van der Waals surface area contributed by atoms with Crippen LogP contribution in [-0.2, 0) is 25.8 Å². The first-order chi connectivity index (χ1) is 11.2. The zero-order chi connectivity index (χ0) is 16.5. The molecule has 0 fully saturated rings. The molecule has 7 nitrogen and oxygen atoms in total. The number of benzene rings is 1. The van der Waals surface area contributed by atoms with Crippen LogP contribution in [0.3, 0.4) is 0 Å². The van der Waals surface area contributed by atoms with Crippen LogP contribution in [0.5, 0.6) is 5.95 Å². The second-order valence-corrected chi connectivity index (χ2v) is 4.01. The first kappa shape index (κ1) is 23.1. The number of rotatable bonds is 4. The van der Waals surface area contributed by atoms with Crippen LogP contribution in [0.4, 0.5) is 0 Å². The molecular formula is C16H15BrN2O5Pt. The van der Waals surface area contributed by atoms with Gasteiger partial charge in [-0.25, -0.2) is 0 Å². The van der Waals surface area contributed by atoms with Crippen molar-refractivity contribution in [2.75, 3.05) is 13.7 Å². The summed E-state index contributed by atoms with van der Waals surface area (Å²) >= 11 is 0. The SMILES string of the molecule is Br.CCOc1cnc(-c2[c-]cccc2)o1.COC(=O)c1co[c-]n1.[Pt+2]. The van der Waals surface area contributed by atoms with E-state index in [9.17, 15) is 4.79 Å². The second-order valence-electron chi connectivity index (χ2n) is 4.01. The summed E-state index contributed by atoms with van der Waals surface area (Å²) in [5, 5.41) is 0. The average Bonchev–Trinajstić information content (AvgIpc) is 3.28. The number of halogens is 1. The third-order valence-corrected chi connectivity index (χ3v) is 2.49. The topological polar surface area (TPSA) is 87.6 Å². The molecule has 3 aromatic rings. The minimum absolute atomic E-state index is 0. The van der Waals surface area contributed by atoms with Crippen LogP contribution in [0.25, 0.3) is 11.5 Å². The molecule has 0 aliphatic heterocycles. The van der Waals surface area contributed by atoms with Crippen LogP contribution in [0, 0.1) is 12.5 Å². The van der Waals surface area contributed by atoms with Crippen molar-refractivity contribution >= 4 is 23.0 Å². The van der Waals surface area contributed by atoms with Crippen LogP contribution in [0.2, 0.25) is 0 Å². The molecule has 2 heterocycles. The molecular weight excluding hydrogens is 575 g/mol. The Hall–Kier alpha value is -1.92. The Labute approximate surface area is 169 Å². The van der Waals surface area contributed by atoms with Crippen LogP contribution >= 0.6 is 17.0 Å². The minimum atomic E-state index is -0.514. The Morgan fingerprint density at radius 3 is 2.72 bits per heavy atom. The van der Waals surface area contributed by atoms with E-state index in [1.165, 1.54) is 13.4 Å². The summed E-state index contributed by atoms with van der Waals surface area (Å²) in [7, 11) is 1.27. The summed E-state index contributed by atoms with van der Waals surface area (Å²) in [4.78, 5) is 18.0. The summed E-state index contributed by atoms with van der Waals surface area (Å²) < 4.78 is 19.2. The van der Waals surface area contributed by atoms with Gasteiger partial charge in [0, 0.05) is 5.69 Å². The minimum Gasteiger partial charge on any atom is -0.581 e. The largest absolute Gasteiger partial charge is 2.00 e. The van der Waals surface area contributed by atoms with Crippen molar-refractivity contribution in [1.29, 1.82) is 0 Å². The Balaban J connectivity index is 0.000000462. The van der Waals surface area contributed by atoms with E-state index in [4.69, 9.17) is 9.15 Å². The van der Waals surface area contributed by atoms with Crippen LogP contribution in [0.1, 0.15) is 17.4 Å². The molecule has 0 aliphatic carbocycles. The number of carbonyl (C=O) groups is 1. The Bertz CT molecular complexity index is 719. The maximum absolute atomic E-state index is 10.5. The zero-order valence-corrected chi connectivity index (χ0v) is 17.3. The zero-order valence-electron chi connectivity index (χ0n) is 13.3. The Kier molecular flexibility index (Phi) is 11.5. The van der Waals surface area contributed by atoms with Gasteiger partial charge >= 0.3 is 21.1 Å². The standard InChI is InChI=1S/C11H10NO2.C5H4NO3.BrH.Pt/c1-2-13-10-8-12-11(14-10)9-6-4-3-5-7-9;1-8-5(7)4-2-9-3-6-4;;/h3-6,8H,2H2,1H3;2H,1H3;1H;/q2*-1;;+2. The molecule has 25 heavy (non-hydrogen) atoms. The fourth-order valence-corrected chi connectivity index (χ4v) is 1.50. The number of methoxy groups -OCH3 is 1. The van der Waals surface area contributed by atoms with Gasteiger partial charge in [-0.2, -0.15) is 0 Å². The molecule has 0 saturated carbocycles. The van der Waals surface area contributed by atoms with Crippen LogP contribution in [0.15, 0.2) is 45.6 Å². The molecule has 0 aliphatic rings. The van der Waals surface area contributed by atoms with Gasteiger partial charge < -0.3 is 23.3 Å². The maximum Gasteiger partial charge on any atom is 2.00 e. The van der Waals surface area contributed by atoms with E-state index in [-0.39, 0.29) is 43.7 Å². The Morgan fingerprint density at radius 2 is 2.16 bits per heavy atom. The number of nitrogens with zero attached hydrogens (tertiary/aromatic N) is 2. The van der Waals surface area contributed by atoms with Crippen molar-refractivity contribution in [1.82, 2.24) is 9.97 Å². The number of oxazole rings is 2. The van der Waals surface area contributed by atoms with E-state index in [1.807, 2.05) is 31.2 Å². The van der Waals surface area contributed by atoms with Crippen molar-refractivity contribution in [3.05, 3.63) is 54.9 Å². The van der Waals surface area contributed by atoms with Crippen LogP contribution in [-0.4, -0.2) is 29.7 Å². The predicted octanol–water partition coefficient (Wildman–Crippen LogP) is 3.38. The number of esters is 1. The average molecular weight is 590 g/mol. The van der Waals surface area contributed by atoms with Crippen molar-refractivity contribution in [2.24, 2.45) is 0 Å². The summed E-state index contributed by atoms with van der Waals surface area (Å²) in [6.45, 7) is 2.48. The van der Waals surface area contributed by atoms with E-state index >= 15 is 0 Å². The first-order valence-corrected chi connectivity index (χ1v) is 6.70. The van der Waals surface area contributed by atoms with Gasteiger partial charge in [0.05, 0.1) is 19.9 Å². The van der Waals surface area contributed by atoms with Crippen molar-refractivity contribution < 1.29 is 44.2 Å². The van der Waals surface area contributed by atoms with E-state index in [0.717, 1.165) is 5.56 Å². The molecule has 1 aromatic carbocycles. The van der Waals surface area contributed by atoms with Crippen molar-refractivity contribution in [2.45, 2.75) is 6.92 Å². The number of aromatic nitrogens is 2. The van der Waals surface area contributed by atoms with Gasteiger partial charge in [0.15, 0.2) is 0 Å². The van der Waals surface area contributed by atoms with Gasteiger partial charge in [0.2, 0.25) is 0 Å². The van der Waals surface area contributed by atoms with E-state index < -0.39 is 5.97 Å². The number of ether oxygens (including phenoxy) is 2. The van der Waals surface area contributed by atoms with Gasteiger partial charge in [0.25, 0.3) is 11.9 Å². The monoisotopic (exact) mass is 589 g/mol. The number of hydrogen-bond acceptors (Lipinski definition) is 7. The summed E-state index contributed by atoms with van der Waals surface area (Å²) in [5.41, 5.74) is 0.968. The second kappa shape index (κ2) is 12.4. The van der Waals surface area contributed by atoms with Gasteiger partial charge in [-0.15, -0.1) is 47.3 Å². The molecule has 0 bridgehead atoms. The molecule has 0 N–H and O–H groups in total. The summed E-state index contributed by atoms with van der Waals surface area (Å²) in [5.74, 6) is 0.466. The molecule has 0 spiro atoms. The maximum atomic E-state index is 10.5. The van der Waals surface area contributed by atoms with E-state index in [2.05, 4.69) is 31.6 Å². The molecule has 0 amide bonds. The predicted molar refractivity (Wildman–Crippen MR) is 88.9 cm³/mol. The third-order valence-electron chi connectivity index (χ3n) is 2.49. The molecule has 0 atom stereocenters. The smallest absolute Gasteiger partial charge is 0.581 e. The number of carbonyl (C=O) groups excluding carboxylic acids is 1. The fraction of sp³-hybridized carbons (Fsp3) is 0.188. The molecule has 0 saturated heterocycles. The van der Waals surface area contributed by atoms with Crippen LogP contribution < -0.4 is 4.74 Å². The van der Waals surface area contributed by atoms with Crippen molar-refractivity contribution in [3.63, 3.8) is 0 Å². The van der Waals surface area contributed by atoms with Crippen molar-refractivity contribution in [3.8, 4) is 17.4 Å². The van der Waals surface area contributed by atoms with Gasteiger partial charge in [-0.05, 0) is 13.2 Å².